The van der Waals surface area contributed by atoms with Crippen LogP contribution in [-0.4, -0.2) is 24.7 Å². The van der Waals surface area contributed by atoms with Crippen LogP contribution in [-0.2, 0) is 26.3 Å². The van der Waals surface area contributed by atoms with Crippen molar-refractivity contribution in [1.29, 1.82) is 0 Å². The fourth-order valence-corrected chi connectivity index (χ4v) is 1.74. The van der Waals surface area contributed by atoms with Gasteiger partial charge in [-0.1, -0.05) is 34.1 Å². The molecule has 0 fully saturated rings. The molecule has 0 unspecified atom stereocenters. The molecular formula is C9H9BrO5S. The predicted molar refractivity (Wildman–Crippen MR) is 60.4 cm³/mol. The van der Waals surface area contributed by atoms with Gasteiger partial charge in [0.1, 0.15) is 6.61 Å². The van der Waals surface area contributed by atoms with Crippen LogP contribution in [0.1, 0.15) is 5.56 Å². The van der Waals surface area contributed by atoms with Gasteiger partial charge in [0.05, 0.1) is 0 Å². The van der Waals surface area contributed by atoms with Gasteiger partial charge in [-0.25, -0.2) is 0 Å². The smallest absolute Gasteiger partial charge is 0.323 e. The molecule has 1 rings (SSSR count). The highest BCUT2D eigenvalue weighted by Gasteiger charge is 2.14. The van der Waals surface area contributed by atoms with Crippen molar-refractivity contribution >= 4 is 32.0 Å². The Morgan fingerprint density at radius 2 is 2.00 bits per heavy atom. The minimum Gasteiger partial charge on any atom is -0.460 e. The van der Waals surface area contributed by atoms with Crippen molar-refractivity contribution in [2.75, 3.05) is 5.75 Å². The van der Waals surface area contributed by atoms with E-state index in [1.54, 1.807) is 24.3 Å². The molecule has 88 valence electrons. The van der Waals surface area contributed by atoms with E-state index in [0.29, 0.717) is 5.56 Å². The quantitative estimate of drug-likeness (QED) is 0.671. The molecule has 1 N–H and O–H groups in total. The maximum absolute atomic E-state index is 11.0. The fraction of sp³-hybridized carbons (Fsp3) is 0.222. The number of carbonyl (C=O) groups is 1. The minimum absolute atomic E-state index is 0.0459. The molecule has 0 aliphatic heterocycles. The number of benzene rings is 1. The lowest BCUT2D eigenvalue weighted by molar-refractivity contribution is -0.141. The van der Waals surface area contributed by atoms with Crippen molar-refractivity contribution in [2.24, 2.45) is 0 Å². The number of halogens is 1. The summed E-state index contributed by atoms with van der Waals surface area (Å²) in [7, 11) is -4.32. The molecule has 0 bridgehead atoms. The first-order chi connectivity index (χ1) is 7.38. The van der Waals surface area contributed by atoms with Gasteiger partial charge < -0.3 is 4.74 Å². The lowest BCUT2D eigenvalue weighted by atomic mass is 10.2. The number of ether oxygens (including phenoxy) is 1. The van der Waals surface area contributed by atoms with Crippen LogP contribution in [0.5, 0.6) is 0 Å². The topological polar surface area (TPSA) is 80.7 Å². The Hall–Kier alpha value is -0.920. The normalized spacial score (nSPS) is 11.1. The van der Waals surface area contributed by atoms with Crippen molar-refractivity contribution in [3.63, 3.8) is 0 Å². The van der Waals surface area contributed by atoms with Gasteiger partial charge in [0.2, 0.25) is 0 Å². The van der Waals surface area contributed by atoms with Crippen LogP contribution in [0.4, 0.5) is 0 Å². The highest BCUT2D eigenvalue weighted by Crippen LogP contribution is 2.16. The van der Waals surface area contributed by atoms with Crippen LogP contribution in [0.3, 0.4) is 0 Å². The van der Waals surface area contributed by atoms with E-state index in [2.05, 4.69) is 20.7 Å². The molecule has 0 aliphatic carbocycles. The summed E-state index contributed by atoms with van der Waals surface area (Å²) in [5.74, 6) is -2.02. The Balaban J connectivity index is 2.53. The summed E-state index contributed by atoms with van der Waals surface area (Å²) < 4.78 is 34.6. The van der Waals surface area contributed by atoms with Crippen LogP contribution in [0.25, 0.3) is 0 Å². The van der Waals surface area contributed by atoms with Gasteiger partial charge in [-0.05, 0) is 6.07 Å². The number of rotatable bonds is 4. The Morgan fingerprint density at radius 1 is 1.38 bits per heavy atom. The molecular weight excluding hydrogens is 300 g/mol. The zero-order valence-electron chi connectivity index (χ0n) is 8.09. The molecule has 0 saturated heterocycles. The molecule has 7 heteroatoms. The van der Waals surface area contributed by atoms with E-state index in [-0.39, 0.29) is 6.61 Å². The molecule has 0 spiro atoms. The van der Waals surface area contributed by atoms with Gasteiger partial charge >= 0.3 is 5.97 Å². The van der Waals surface area contributed by atoms with E-state index in [9.17, 15) is 13.2 Å². The van der Waals surface area contributed by atoms with Crippen LogP contribution in [0.2, 0.25) is 0 Å². The molecule has 0 atom stereocenters. The number of hydrogen-bond acceptors (Lipinski definition) is 4. The first-order valence-corrected chi connectivity index (χ1v) is 6.63. The van der Waals surface area contributed by atoms with Crippen LogP contribution >= 0.6 is 15.9 Å². The van der Waals surface area contributed by atoms with Gasteiger partial charge in [0.25, 0.3) is 10.1 Å². The summed E-state index contributed by atoms with van der Waals surface area (Å²) in [4.78, 5) is 11.0. The second-order valence-corrected chi connectivity index (χ2v) is 5.29. The van der Waals surface area contributed by atoms with Crippen molar-refractivity contribution in [3.8, 4) is 0 Å². The van der Waals surface area contributed by atoms with Crippen molar-refractivity contribution in [2.45, 2.75) is 6.61 Å². The third-order valence-corrected chi connectivity index (χ3v) is 3.02. The van der Waals surface area contributed by atoms with Crippen LogP contribution in [0, 0.1) is 0 Å². The second kappa shape index (κ2) is 5.42. The van der Waals surface area contributed by atoms with E-state index >= 15 is 0 Å². The Bertz CT molecular complexity index is 482. The molecule has 0 saturated carbocycles. The predicted octanol–water partition coefficient (Wildman–Crippen LogP) is 1.38. The third-order valence-electron chi connectivity index (χ3n) is 1.65. The monoisotopic (exact) mass is 308 g/mol. The van der Waals surface area contributed by atoms with Gasteiger partial charge in [-0.15, -0.1) is 0 Å². The van der Waals surface area contributed by atoms with E-state index in [4.69, 9.17) is 4.55 Å². The Kier molecular flexibility index (Phi) is 4.45. The van der Waals surface area contributed by atoms with E-state index < -0.39 is 21.8 Å². The van der Waals surface area contributed by atoms with Crippen LogP contribution < -0.4 is 0 Å². The SMILES string of the molecule is O=C(CS(=O)(=O)O)OCc1ccccc1Br. The lowest BCUT2D eigenvalue weighted by Crippen LogP contribution is -2.17. The van der Waals surface area contributed by atoms with Gasteiger partial charge in [-0.3, -0.25) is 9.35 Å². The molecule has 0 aliphatic rings. The van der Waals surface area contributed by atoms with Crippen molar-refractivity contribution in [3.05, 3.63) is 34.3 Å². The molecule has 0 heterocycles. The molecule has 5 nitrogen and oxygen atoms in total. The number of esters is 1. The van der Waals surface area contributed by atoms with Crippen molar-refractivity contribution in [1.82, 2.24) is 0 Å². The standard InChI is InChI=1S/C9H9BrO5S/c10-8-4-2-1-3-7(8)5-15-9(11)6-16(12,13)14/h1-4H,5-6H2,(H,12,13,14). The Morgan fingerprint density at radius 3 is 2.56 bits per heavy atom. The summed E-state index contributed by atoms with van der Waals surface area (Å²) in [6, 6.07) is 7.06. The maximum atomic E-state index is 11.0. The fourth-order valence-electron chi connectivity index (χ4n) is 0.964. The summed E-state index contributed by atoms with van der Waals surface area (Å²) in [5.41, 5.74) is 0.714. The second-order valence-electron chi connectivity index (χ2n) is 2.98. The van der Waals surface area contributed by atoms with E-state index in [1.807, 2.05) is 0 Å². The van der Waals surface area contributed by atoms with Crippen LogP contribution in [0.15, 0.2) is 28.7 Å². The molecule has 0 aromatic heterocycles. The zero-order chi connectivity index (χ0) is 12.2. The molecule has 1 aromatic rings. The average Bonchev–Trinajstić information content (AvgIpc) is 2.14. The highest BCUT2D eigenvalue weighted by atomic mass is 79.9. The number of carbonyl (C=O) groups excluding carboxylic acids is 1. The van der Waals surface area contributed by atoms with Gasteiger partial charge in [0, 0.05) is 10.0 Å². The average molecular weight is 309 g/mol. The van der Waals surface area contributed by atoms with Gasteiger partial charge in [-0.2, -0.15) is 8.42 Å². The summed E-state index contributed by atoms with van der Waals surface area (Å²) >= 11 is 3.25. The van der Waals surface area contributed by atoms with E-state index in [0.717, 1.165) is 4.47 Å². The molecule has 0 radical (unpaired) electrons. The first-order valence-electron chi connectivity index (χ1n) is 4.22. The minimum atomic E-state index is -4.32. The summed E-state index contributed by atoms with van der Waals surface area (Å²) in [5, 5.41) is 0. The highest BCUT2D eigenvalue weighted by molar-refractivity contribution is 9.10. The van der Waals surface area contributed by atoms with E-state index in [1.165, 1.54) is 0 Å². The lowest BCUT2D eigenvalue weighted by Gasteiger charge is -2.05. The molecule has 0 amide bonds. The largest absolute Gasteiger partial charge is 0.460 e. The molecule has 1 aromatic carbocycles. The zero-order valence-corrected chi connectivity index (χ0v) is 10.5. The number of hydrogen-bond donors (Lipinski definition) is 1. The Labute approximate surface area is 101 Å². The molecule has 16 heavy (non-hydrogen) atoms. The van der Waals surface area contributed by atoms with Gasteiger partial charge in [0.15, 0.2) is 5.75 Å². The summed E-state index contributed by atoms with van der Waals surface area (Å²) in [6.07, 6.45) is 0. The first kappa shape index (κ1) is 13.1. The summed E-state index contributed by atoms with van der Waals surface area (Å²) in [6.45, 7) is -0.0459. The maximum Gasteiger partial charge on any atom is 0.323 e. The van der Waals surface area contributed by atoms with Crippen molar-refractivity contribution < 1.29 is 22.5 Å². The third kappa shape index (κ3) is 4.73.